The lowest BCUT2D eigenvalue weighted by Gasteiger charge is -2.12. The molecule has 2 heteroatoms. The van der Waals surface area contributed by atoms with Crippen LogP contribution in [0.1, 0.15) is 11.1 Å². The molecule has 0 fully saturated rings. The highest BCUT2D eigenvalue weighted by Gasteiger charge is 2.19. The third kappa shape index (κ3) is 3.11. The van der Waals surface area contributed by atoms with Gasteiger partial charge in [-0.25, -0.2) is 4.39 Å². The van der Waals surface area contributed by atoms with Gasteiger partial charge in [0.2, 0.25) is 0 Å². The predicted octanol–water partition coefficient (Wildman–Crippen LogP) is 4.18. The number of rotatable bonds is 2. The summed E-state index contributed by atoms with van der Waals surface area (Å²) >= 11 is 0. The summed E-state index contributed by atoms with van der Waals surface area (Å²) in [7, 11) is -1.76. The van der Waals surface area contributed by atoms with Gasteiger partial charge in [0.1, 0.15) is 8.07 Å². The Kier molecular flexibility index (Phi) is 3.27. The third-order valence-corrected chi connectivity index (χ3v) is 3.66. The first kappa shape index (κ1) is 11.2. The van der Waals surface area contributed by atoms with Crippen molar-refractivity contribution in [3.05, 3.63) is 40.8 Å². The fourth-order valence-electron chi connectivity index (χ4n) is 1.03. The van der Waals surface area contributed by atoms with Gasteiger partial charge >= 0.3 is 0 Å². The van der Waals surface area contributed by atoms with Crippen LogP contribution in [0.3, 0.4) is 0 Å². The van der Waals surface area contributed by atoms with Crippen molar-refractivity contribution in [1.82, 2.24) is 0 Å². The van der Waals surface area contributed by atoms with E-state index in [1.807, 2.05) is 50.8 Å². The van der Waals surface area contributed by atoms with Crippen LogP contribution in [0.4, 0.5) is 4.39 Å². The Morgan fingerprint density at radius 1 is 1.14 bits per heavy atom. The normalized spacial score (nSPS) is 13.1. The Morgan fingerprint density at radius 2 is 1.64 bits per heavy atom. The van der Waals surface area contributed by atoms with Gasteiger partial charge in [-0.2, -0.15) is 0 Å². The molecule has 0 amide bonds. The van der Waals surface area contributed by atoms with Crippen LogP contribution in [0, 0.1) is 6.92 Å². The zero-order valence-electron chi connectivity index (χ0n) is 9.26. The summed E-state index contributed by atoms with van der Waals surface area (Å²) in [6.45, 7) is 8.05. The molecule has 0 saturated heterocycles. The Hall–Kier alpha value is -0.893. The smallest absolute Gasteiger partial charge is 0.114 e. The Morgan fingerprint density at radius 3 is 2.07 bits per heavy atom. The van der Waals surface area contributed by atoms with E-state index in [0.29, 0.717) is 0 Å². The molecule has 0 aliphatic heterocycles. The second-order valence-corrected chi connectivity index (χ2v) is 9.63. The minimum atomic E-state index is -1.76. The lowest BCUT2D eigenvalue weighted by atomic mass is 10.1. The van der Waals surface area contributed by atoms with Crippen LogP contribution in [0.15, 0.2) is 29.7 Å². The van der Waals surface area contributed by atoms with E-state index in [9.17, 15) is 4.39 Å². The van der Waals surface area contributed by atoms with E-state index in [1.165, 1.54) is 5.56 Å². The minimum Gasteiger partial charge on any atom is -0.217 e. The van der Waals surface area contributed by atoms with Crippen LogP contribution >= 0.6 is 0 Å². The summed E-state index contributed by atoms with van der Waals surface area (Å²) in [4.78, 5) is 0. The van der Waals surface area contributed by atoms with Crippen molar-refractivity contribution < 1.29 is 4.39 Å². The van der Waals surface area contributed by atoms with E-state index in [0.717, 1.165) is 5.56 Å². The first-order chi connectivity index (χ1) is 6.39. The first-order valence-corrected chi connectivity index (χ1v) is 8.34. The first-order valence-electron chi connectivity index (χ1n) is 4.84. The fraction of sp³-hybridized carbons (Fsp3) is 0.333. The van der Waals surface area contributed by atoms with Gasteiger partial charge in [0.15, 0.2) is 0 Å². The van der Waals surface area contributed by atoms with Crippen molar-refractivity contribution in [1.29, 1.82) is 0 Å². The number of halogens is 1. The number of hydrogen-bond acceptors (Lipinski definition) is 0. The summed E-state index contributed by atoms with van der Waals surface area (Å²) in [6, 6.07) is 7.91. The molecule has 0 unspecified atom stereocenters. The van der Waals surface area contributed by atoms with Crippen molar-refractivity contribution in [3.8, 4) is 0 Å². The summed E-state index contributed by atoms with van der Waals surface area (Å²) in [5.74, 6) is 0. The Labute approximate surface area is 86.5 Å². The highest BCUT2D eigenvalue weighted by Crippen LogP contribution is 2.19. The maximum absolute atomic E-state index is 13.6. The average molecular weight is 208 g/mol. The zero-order chi connectivity index (χ0) is 10.8. The molecular weight excluding hydrogens is 191 g/mol. The molecule has 0 bridgehead atoms. The van der Waals surface area contributed by atoms with Gasteiger partial charge in [0.05, 0.1) is 5.45 Å². The van der Waals surface area contributed by atoms with Crippen LogP contribution in [-0.4, -0.2) is 8.07 Å². The van der Waals surface area contributed by atoms with Gasteiger partial charge in [0, 0.05) is 0 Å². The molecule has 0 heterocycles. The predicted molar refractivity (Wildman–Crippen MR) is 63.6 cm³/mol. The average Bonchev–Trinajstić information content (AvgIpc) is 2.07. The third-order valence-electron chi connectivity index (χ3n) is 2.09. The molecule has 1 aromatic carbocycles. The molecule has 0 N–H and O–H groups in total. The minimum absolute atomic E-state index is 0.0568. The van der Waals surface area contributed by atoms with Crippen LogP contribution < -0.4 is 0 Å². The van der Waals surface area contributed by atoms with Crippen LogP contribution in [-0.2, 0) is 0 Å². The monoisotopic (exact) mass is 208 g/mol. The van der Waals surface area contributed by atoms with Crippen LogP contribution in [0.5, 0.6) is 0 Å². The topological polar surface area (TPSA) is 0 Å². The molecule has 0 aromatic heterocycles. The maximum Gasteiger partial charge on any atom is 0.114 e. The number of aryl methyl sites for hydroxylation is 1. The van der Waals surface area contributed by atoms with Crippen LogP contribution in [0.2, 0.25) is 19.6 Å². The molecule has 14 heavy (non-hydrogen) atoms. The van der Waals surface area contributed by atoms with E-state index in [4.69, 9.17) is 0 Å². The maximum atomic E-state index is 13.6. The largest absolute Gasteiger partial charge is 0.217 e. The van der Waals surface area contributed by atoms with E-state index in [1.54, 1.807) is 6.08 Å². The summed E-state index contributed by atoms with van der Waals surface area (Å²) in [5.41, 5.74) is 2.22. The van der Waals surface area contributed by atoms with Crippen molar-refractivity contribution >= 4 is 14.1 Å². The van der Waals surface area contributed by atoms with E-state index in [-0.39, 0.29) is 5.45 Å². The molecule has 0 aliphatic rings. The molecule has 0 radical (unpaired) electrons. The van der Waals surface area contributed by atoms with Crippen molar-refractivity contribution in [2.45, 2.75) is 26.6 Å². The number of hydrogen-bond donors (Lipinski definition) is 0. The lowest BCUT2D eigenvalue weighted by molar-refractivity contribution is 0.689. The molecular formula is C12H17FSi. The SMILES string of the molecule is Cc1ccc(/C=C(/F)[Si](C)(C)C)cc1. The Bertz CT molecular complexity index is 330. The fourth-order valence-corrected chi connectivity index (χ4v) is 1.63. The molecule has 1 rings (SSSR count). The zero-order valence-corrected chi connectivity index (χ0v) is 10.3. The lowest BCUT2D eigenvalue weighted by Crippen LogP contribution is -2.20. The molecule has 0 aliphatic carbocycles. The molecule has 0 spiro atoms. The second-order valence-electron chi connectivity index (χ2n) is 4.65. The van der Waals surface area contributed by atoms with Gasteiger partial charge in [-0.1, -0.05) is 49.5 Å². The van der Waals surface area contributed by atoms with Crippen molar-refractivity contribution in [3.63, 3.8) is 0 Å². The Balaban J connectivity index is 2.93. The van der Waals surface area contributed by atoms with E-state index >= 15 is 0 Å². The van der Waals surface area contributed by atoms with Gasteiger partial charge in [0.25, 0.3) is 0 Å². The number of benzene rings is 1. The molecule has 0 saturated carbocycles. The summed E-state index contributed by atoms with van der Waals surface area (Å²) < 4.78 is 13.6. The van der Waals surface area contributed by atoms with Gasteiger partial charge in [-0.3, -0.25) is 0 Å². The standard InChI is InChI=1S/C12H17FSi/c1-10-5-7-11(8-6-10)9-12(13)14(2,3)4/h5-9H,1-4H3/b12-9-. The summed E-state index contributed by atoms with van der Waals surface area (Å²) in [6.07, 6.45) is 1.66. The van der Waals surface area contributed by atoms with E-state index < -0.39 is 8.07 Å². The molecule has 0 atom stereocenters. The quantitative estimate of drug-likeness (QED) is 0.639. The van der Waals surface area contributed by atoms with Crippen LogP contribution in [0.25, 0.3) is 6.08 Å². The summed E-state index contributed by atoms with van der Waals surface area (Å²) in [5, 5.41) is 0. The highest BCUT2D eigenvalue weighted by atomic mass is 28.3. The second kappa shape index (κ2) is 4.09. The molecule has 0 nitrogen and oxygen atoms in total. The van der Waals surface area contributed by atoms with E-state index in [2.05, 4.69) is 0 Å². The highest BCUT2D eigenvalue weighted by molar-refractivity contribution is 6.83. The molecule has 1 aromatic rings. The van der Waals surface area contributed by atoms with Crippen molar-refractivity contribution in [2.75, 3.05) is 0 Å². The van der Waals surface area contributed by atoms with Crippen molar-refractivity contribution in [2.24, 2.45) is 0 Å². The van der Waals surface area contributed by atoms with Gasteiger partial charge < -0.3 is 0 Å². The molecule has 76 valence electrons. The van der Waals surface area contributed by atoms with Gasteiger partial charge in [-0.05, 0) is 18.6 Å². The van der Waals surface area contributed by atoms with Gasteiger partial charge in [-0.15, -0.1) is 0 Å².